The Bertz CT molecular complexity index is 594. The normalized spacial score (nSPS) is 25.7. The summed E-state index contributed by atoms with van der Waals surface area (Å²) in [6.07, 6.45) is 5.10. The van der Waals surface area contributed by atoms with E-state index >= 15 is 0 Å². The molecule has 4 rings (SSSR count). The number of carbonyl (C=O) groups excluding carboxylic acids is 1. The van der Waals surface area contributed by atoms with Crippen LogP contribution in [-0.2, 0) is 13.1 Å². The van der Waals surface area contributed by atoms with Crippen LogP contribution in [0.25, 0.3) is 0 Å². The fourth-order valence-electron chi connectivity index (χ4n) is 3.91. The number of fused-ring (bicyclic) bond motifs is 1. The lowest BCUT2D eigenvalue weighted by atomic mass is 9.84. The van der Waals surface area contributed by atoms with Gasteiger partial charge >= 0.3 is 6.03 Å². The number of nitrogens with zero attached hydrogens (tertiary/aromatic N) is 1. The number of likely N-dealkylation sites (tertiary alicyclic amines) is 1. The fraction of sp³-hybridized carbons (Fsp3) is 0.611. The second kappa shape index (κ2) is 5.27. The molecule has 1 aliphatic carbocycles. The van der Waals surface area contributed by atoms with Crippen molar-refractivity contribution in [2.75, 3.05) is 18.4 Å². The first kappa shape index (κ1) is 14.1. The molecule has 2 amide bonds. The molecule has 0 aromatic heterocycles. The van der Waals surface area contributed by atoms with Crippen molar-refractivity contribution in [2.24, 2.45) is 11.3 Å². The highest BCUT2D eigenvalue weighted by Crippen LogP contribution is 2.53. The Kier molecular flexibility index (Phi) is 3.37. The monoisotopic (exact) mass is 299 g/mol. The second-order valence-electron chi connectivity index (χ2n) is 7.46. The van der Waals surface area contributed by atoms with Crippen molar-refractivity contribution in [1.82, 2.24) is 10.2 Å². The Morgan fingerprint density at radius 3 is 2.95 bits per heavy atom. The van der Waals surface area contributed by atoms with Crippen LogP contribution in [0.1, 0.15) is 43.7 Å². The summed E-state index contributed by atoms with van der Waals surface area (Å²) in [6.45, 7) is 6.05. The molecule has 22 heavy (non-hydrogen) atoms. The van der Waals surface area contributed by atoms with Gasteiger partial charge in [-0.2, -0.15) is 0 Å². The van der Waals surface area contributed by atoms with Crippen LogP contribution in [0.2, 0.25) is 0 Å². The highest BCUT2D eigenvalue weighted by Gasteiger charge is 2.46. The molecule has 118 valence electrons. The number of rotatable bonds is 2. The standard InChI is InChI=1S/C18H25N3O/c1-18(6-7-18)15-3-2-8-21(12-15)17(22)20-16-5-4-13-10-19-11-14(13)9-16/h4-5,9,15,19H,2-3,6-8,10-12H2,1H3,(H,20,22)/t15-/m0/s1. The van der Waals surface area contributed by atoms with E-state index in [1.807, 2.05) is 11.0 Å². The van der Waals surface area contributed by atoms with E-state index in [-0.39, 0.29) is 6.03 Å². The van der Waals surface area contributed by atoms with Gasteiger partial charge in [-0.1, -0.05) is 13.0 Å². The third-order valence-electron chi connectivity index (χ3n) is 5.82. The second-order valence-corrected chi connectivity index (χ2v) is 7.46. The van der Waals surface area contributed by atoms with E-state index in [0.29, 0.717) is 11.3 Å². The molecule has 1 aromatic rings. The van der Waals surface area contributed by atoms with E-state index in [1.54, 1.807) is 0 Å². The molecule has 1 aromatic carbocycles. The van der Waals surface area contributed by atoms with Crippen molar-refractivity contribution < 1.29 is 4.79 Å². The Morgan fingerprint density at radius 2 is 2.14 bits per heavy atom. The van der Waals surface area contributed by atoms with Crippen molar-refractivity contribution in [2.45, 2.75) is 45.7 Å². The van der Waals surface area contributed by atoms with Gasteiger partial charge in [-0.15, -0.1) is 0 Å². The lowest BCUT2D eigenvalue weighted by Gasteiger charge is -2.36. The molecule has 2 N–H and O–H groups in total. The molecule has 0 unspecified atom stereocenters. The number of benzene rings is 1. The quantitative estimate of drug-likeness (QED) is 0.879. The third kappa shape index (κ3) is 2.60. The average Bonchev–Trinajstić information content (AvgIpc) is 3.11. The van der Waals surface area contributed by atoms with Crippen LogP contribution in [0, 0.1) is 11.3 Å². The molecule has 0 radical (unpaired) electrons. The molecule has 1 atom stereocenters. The molecule has 3 aliphatic rings. The number of carbonyl (C=O) groups is 1. The van der Waals surface area contributed by atoms with Gasteiger partial charge in [0.2, 0.25) is 0 Å². The number of amides is 2. The fourth-order valence-corrected chi connectivity index (χ4v) is 3.91. The Morgan fingerprint density at radius 1 is 1.32 bits per heavy atom. The highest BCUT2D eigenvalue weighted by atomic mass is 16.2. The van der Waals surface area contributed by atoms with Crippen LogP contribution in [0.15, 0.2) is 18.2 Å². The molecular weight excluding hydrogens is 274 g/mol. The van der Waals surface area contributed by atoms with Crippen molar-refractivity contribution >= 4 is 11.7 Å². The minimum Gasteiger partial charge on any atom is -0.324 e. The van der Waals surface area contributed by atoms with Crippen LogP contribution in [0.5, 0.6) is 0 Å². The van der Waals surface area contributed by atoms with Gasteiger partial charge in [-0.3, -0.25) is 0 Å². The maximum atomic E-state index is 12.6. The van der Waals surface area contributed by atoms with Gasteiger partial charge in [0.15, 0.2) is 0 Å². The van der Waals surface area contributed by atoms with Gasteiger partial charge < -0.3 is 15.5 Å². The summed E-state index contributed by atoms with van der Waals surface area (Å²) >= 11 is 0. The SMILES string of the molecule is CC1([C@H]2CCCN(C(=O)Nc3ccc4c(c3)CNC4)C2)CC1. The van der Waals surface area contributed by atoms with E-state index in [2.05, 4.69) is 29.7 Å². The van der Waals surface area contributed by atoms with Crippen molar-refractivity contribution in [3.8, 4) is 0 Å². The zero-order valence-electron chi connectivity index (χ0n) is 13.3. The zero-order chi connectivity index (χ0) is 15.2. The molecule has 4 nitrogen and oxygen atoms in total. The van der Waals surface area contributed by atoms with Gasteiger partial charge in [-0.25, -0.2) is 4.79 Å². The highest BCUT2D eigenvalue weighted by molar-refractivity contribution is 5.89. The van der Waals surface area contributed by atoms with Crippen molar-refractivity contribution in [3.63, 3.8) is 0 Å². The summed E-state index contributed by atoms with van der Waals surface area (Å²) in [6, 6.07) is 6.32. The van der Waals surface area contributed by atoms with E-state index in [0.717, 1.165) is 38.3 Å². The van der Waals surface area contributed by atoms with Gasteiger partial charge in [0, 0.05) is 31.9 Å². The maximum absolute atomic E-state index is 12.6. The van der Waals surface area contributed by atoms with Gasteiger partial charge in [0.05, 0.1) is 0 Å². The Labute approximate surface area is 132 Å². The van der Waals surface area contributed by atoms with Crippen LogP contribution < -0.4 is 10.6 Å². The summed E-state index contributed by atoms with van der Waals surface area (Å²) in [5.41, 5.74) is 4.09. The Hall–Kier alpha value is -1.55. The molecule has 2 heterocycles. The largest absolute Gasteiger partial charge is 0.324 e. The summed E-state index contributed by atoms with van der Waals surface area (Å²) in [5, 5.41) is 6.43. The first-order chi connectivity index (χ1) is 10.6. The van der Waals surface area contributed by atoms with Crippen molar-refractivity contribution in [3.05, 3.63) is 29.3 Å². The average molecular weight is 299 g/mol. The third-order valence-corrected chi connectivity index (χ3v) is 5.82. The van der Waals surface area contributed by atoms with Crippen LogP contribution in [0.3, 0.4) is 0 Å². The predicted molar refractivity (Wildman–Crippen MR) is 87.6 cm³/mol. The molecule has 1 saturated carbocycles. The molecule has 2 fully saturated rings. The lowest BCUT2D eigenvalue weighted by molar-refractivity contribution is 0.147. The first-order valence-corrected chi connectivity index (χ1v) is 8.52. The minimum atomic E-state index is 0.0693. The number of hydrogen-bond acceptors (Lipinski definition) is 2. The topological polar surface area (TPSA) is 44.4 Å². The molecule has 2 aliphatic heterocycles. The summed E-state index contributed by atoms with van der Waals surface area (Å²) < 4.78 is 0. The molecular formula is C18H25N3O. The number of nitrogens with one attached hydrogen (secondary N) is 2. The number of hydrogen-bond donors (Lipinski definition) is 2. The number of anilines is 1. The summed E-state index contributed by atoms with van der Waals surface area (Å²) in [7, 11) is 0. The smallest absolute Gasteiger partial charge is 0.321 e. The van der Waals surface area contributed by atoms with Crippen LogP contribution in [0.4, 0.5) is 10.5 Å². The molecule has 0 spiro atoms. The maximum Gasteiger partial charge on any atom is 0.321 e. The number of piperidine rings is 1. The molecule has 1 saturated heterocycles. The minimum absolute atomic E-state index is 0.0693. The predicted octanol–water partition coefficient (Wildman–Crippen LogP) is 3.33. The van der Waals surface area contributed by atoms with E-state index < -0.39 is 0 Å². The summed E-state index contributed by atoms with van der Waals surface area (Å²) in [5.74, 6) is 0.691. The number of urea groups is 1. The van der Waals surface area contributed by atoms with Crippen molar-refractivity contribution in [1.29, 1.82) is 0 Å². The molecule has 4 heteroatoms. The van der Waals surface area contributed by atoms with E-state index in [9.17, 15) is 4.79 Å². The zero-order valence-corrected chi connectivity index (χ0v) is 13.3. The van der Waals surface area contributed by atoms with Gasteiger partial charge in [0.1, 0.15) is 0 Å². The molecule has 0 bridgehead atoms. The van der Waals surface area contributed by atoms with E-state index in [4.69, 9.17) is 0 Å². The van der Waals surface area contributed by atoms with Crippen LogP contribution in [-0.4, -0.2) is 24.0 Å². The lowest BCUT2D eigenvalue weighted by Crippen LogP contribution is -2.44. The van der Waals surface area contributed by atoms with Gasteiger partial charge in [-0.05, 0) is 60.3 Å². The van der Waals surface area contributed by atoms with E-state index in [1.165, 1.54) is 30.4 Å². The first-order valence-electron chi connectivity index (χ1n) is 8.52. The van der Waals surface area contributed by atoms with Gasteiger partial charge in [0.25, 0.3) is 0 Å². The van der Waals surface area contributed by atoms with Crippen LogP contribution >= 0.6 is 0 Å². The Balaban J connectivity index is 1.41. The summed E-state index contributed by atoms with van der Waals surface area (Å²) in [4.78, 5) is 14.6.